The van der Waals surface area contributed by atoms with E-state index in [1.807, 2.05) is 11.8 Å². The second-order valence-corrected chi connectivity index (χ2v) is 5.97. The molecule has 0 aliphatic heterocycles. The van der Waals surface area contributed by atoms with E-state index < -0.39 is 5.60 Å². The Bertz CT molecular complexity index is 262. The lowest BCUT2D eigenvalue weighted by Gasteiger charge is -2.36. The molecule has 1 rings (SSSR count). The van der Waals surface area contributed by atoms with Gasteiger partial charge >= 0.3 is 0 Å². The summed E-state index contributed by atoms with van der Waals surface area (Å²) in [7, 11) is 0. The molecule has 0 atom stereocenters. The van der Waals surface area contributed by atoms with E-state index in [-0.39, 0.29) is 11.3 Å². The van der Waals surface area contributed by atoms with Gasteiger partial charge < -0.3 is 10.0 Å². The summed E-state index contributed by atoms with van der Waals surface area (Å²) in [6, 6.07) is 0. The molecule has 0 radical (unpaired) electrons. The Labute approximate surface area is 105 Å². The van der Waals surface area contributed by atoms with E-state index in [0.29, 0.717) is 13.1 Å². The van der Waals surface area contributed by atoms with Crippen molar-refractivity contribution in [3.63, 3.8) is 0 Å². The number of carbonyl (C=O) groups excluding carboxylic acids is 1. The van der Waals surface area contributed by atoms with Gasteiger partial charge in [0.1, 0.15) is 0 Å². The fourth-order valence-corrected chi connectivity index (χ4v) is 2.90. The monoisotopic (exact) mass is 241 g/mol. The lowest BCUT2D eigenvalue weighted by atomic mass is 9.81. The first-order valence-corrected chi connectivity index (χ1v) is 6.86. The minimum Gasteiger partial charge on any atom is -0.389 e. The van der Waals surface area contributed by atoms with Crippen molar-refractivity contribution in [2.45, 2.75) is 65.4 Å². The van der Waals surface area contributed by atoms with Gasteiger partial charge in [-0.3, -0.25) is 4.79 Å². The maximum atomic E-state index is 12.6. The minimum atomic E-state index is -0.806. The molecule has 1 aliphatic carbocycles. The van der Waals surface area contributed by atoms with Crippen LogP contribution < -0.4 is 0 Å². The molecule has 0 aromatic rings. The molecule has 0 heterocycles. The van der Waals surface area contributed by atoms with Crippen LogP contribution in [0.4, 0.5) is 0 Å². The zero-order chi connectivity index (χ0) is 13.1. The SMILES string of the molecule is CCN(CC(C)(C)O)C(=O)C1(CC)CCCC1. The standard InChI is InChI=1S/C14H27NO2/c1-5-14(9-7-8-10-14)12(16)15(6-2)11-13(3,4)17/h17H,5-11H2,1-4H3. The van der Waals surface area contributed by atoms with Crippen molar-refractivity contribution in [1.82, 2.24) is 4.90 Å². The highest BCUT2D eigenvalue weighted by Gasteiger charge is 2.42. The Hall–Kier alpha value is -0.570. The average molecular weight is 241 g/mol. The lowest BCUT2D eigenvalue weighted by Crippen LogP contribution is -2.48. The van der Waals surface area contributed by atoms with Crippen molar-refractivity contribution >= 4 is 5.91 Å². The second-order valence-electron chi connectivity index (χ2n) is 5.97. The Balaban J connectivity index is 2.77. The smallest absolute Gasteiger partial charge is 0.228 e. The van der Waals surface area contributed by atoms with Crippen LogP contribution in [0.15, 0.2) is 0 Å². The van der Waals surface area contributed by atoms with Crippen molar-refractivity contribution in [3.8, 4) is 0 Å². The van der Waals surface area contributed by atoms with Crippen LogP contribution in [0.5, 0.6) is 0 Å². The summed E-state index contributed by atoms with van der Waals surface area (Å²) in [5.74, 6) is 0.252. The zero-order valence-electron chi connectivity index (χ0n) is 11.8. The molecule has 0 spiro atoms. The molecule has 3 heteroatoms. The second kappa shape index (κ2) is 5.38. The maximum absolute atomic E-state index is 12.6. The largest absolute Gasteiger partial charge is 0.389 e. The van der Waals surface area contributed by atoms with Gasteiger partial charge in [0.25, 0.3) is 0 Å². The molecule has 0 unspecified atom stereocenters. The number of rotatable bonds is 5. The quantitative estimate of drug-likeness (QED) is 0.803. The highest BCUT2D eigenvalue weighted by molar-refractivity contribution is 5.83. The Morgan fingerprint density at radius 2 is 1.82 bits per heavy atom. The van der Waals surface area contributed by atoms with Gasteiger partial charge in [0.2, 0.25) is 5.91 Å². The third kappa shape index (κ3) is 3.44. The van der Waals surface area contributed by atoms with Crippen LogP contribution in [-0.4, -0.2) is 34.6 Å². The molecule has 0 saturated heterocycles. The average Bonchev–Trinajstić information content (AvgIpc) is 2.73. The number of hydrogen-bond donors (Lipinski definition) is 1. The van der Waals surface area contributed by atoms with Crippen molar-refractivity contribution in [2.24, 2.45) is 5.41 Å². The summed E-state index contributed by atoms with van der Waals surface area (Å²) >= 11 is 0. The van der Waals surface area contributed by atoms with Crippen LogP contribution in [0.25, 0.3) is 0 Å². The van der Waals surface area contributed by atoms with Crippen molar-refractivity contribution in [2.75, 3.05) is 13.1 Å². The fraction of sp³-hybridized carbons (Fsp3) is 0.929. The van der Waals surface area contributed by atoms with Gasteiger partial charge in [0, 0.05) is 18.5 Å². The summed E-state index contributed by atoms with van der Waals surface area (Å²) in [5, 5.41) is 9.87. The summed E-state index contributed by atoms with van der Waals surface area (Å²) in [4.78, 5) is 14.5. The third-order valence-corrected chi connectivity index (χ3v) is 3.94. The van der Waals surface area contributed by atoms with Gasteiger partial charge in [-0.15, -0.1) is 0 Å². The highest BCUT2D eigenvalue weighted by atomic mass is 16.3. The topological polar surface area (TPSA) is 40.5 Å². The molecule has 1 saturated carbocycles. The Morgan fingerprint density at radius 3 is 2.18 bits per heavy atom. The molecule has 3 nitrogen and oxygen atoms in total. The van der Waals surface area contributed by atoms with Crippen molar-refractivity contribution in [1.29, 1.82) is 0 Å². The summed E-state index contributed by atoms with van der Waals surface area (Å²) in [6.07, 6.45) is 5.29. The molecule has 0 bridgehead atoms. The molecule has 1 N–H and O–H groups in total. The summed E-state index contributed by atoms with van der Waals surface area (Å²) < 4.78 is 0. The van der Waals surface area contributed by atoms with E-state index in [2.05, 4.69) is 6.92 Å². The first kappa shape index (κ1) is 14.5. The number of hydrogen-bond acceptors (Lipinski definition) is 2. The molecule has 0 aromatic carbocycles. The van der Waals surface area contributed by atoms with Gasteiger partial charge in [0.05, 0.1) is 5.60 Å². The first-order valence-electron chi connectivity index (χ1n) is 6.86. The molecule has 1 fully saturated rings. The van der Waals surface area contributed by atoms with E-state index in [1.54, 1.807) is 13.8 Å². The molecule has 1 aliphatic rings. The maximum Gasteiger partial charge on any atom is 0.228 e. The van der Waals surface area contributed by atoms with Gasteiger partial charge in [-0.05, 0) is 40.0 Å². The zero-order valence-corrected chi connectivity index (χ0v) is 11.8. The van der Waals surface area contributed by atoms with Crippen molar-refractivity contribution < 1.29 is 9.90 Å². The summed E-state index contributed by atoms with van der Waals surface area (Å²) in [5.41, 5.74) is -0.944. The lowest BCUT2D eigenvalue weighted by molar-refractivity contribution is -0.145. The van der Waals surface area contributed by atoms with Crippen LogP contribution in [0.1, 0.15) is 59.8 Å². The Morgan fingerprint density at radius 1 is 1.29 bits per heavy atom. The van der Waals surface area contributed by atoms with Crippen LogP contribution in [0, 0.1) is 5.41 Å². The van der Waals surface area contributed by atoms with Crippen LogP contribution in [0.2, 0.25) is 0 Å². The minimum absolute atomic E-state index is 0.138. The molecular weight excluding hydrogens is 214 g/mol. The van der Waals surface area contributed by atoms with Gasteiger partial charge in [-0.1, -0.05) is 19.8 Å². The molecule has 0 aromatic heterocycles. The number of carbonyl (C=O) groups is 1. The molecular formula is C14H27NO2. The number of amides is 1. The fourth-order valence-electron chi connectivity index (χ4n) is 2.90. The predicted molar refractivity (Wildman–Crippen MR) is 69.7 cm³/mol. The van der Waals surface area contributed by atoms with Crippen LogP contribution >= 0.6 is 0 Å². The van der Waals surface area contributed by atoms with E-state index in [9.17, 15) is 9.90 Å². The molecule has 17 heavy (non-hydrogen) atoms. The van der Waals surface area contributed by atoms with Gasteiger partial charge in [-0.2, -0.15) is 0 Å². The van der Waals surface area contributed by atoms with Crippen molar-refractivity contribution in [3.05, 3.63) is 0 Å². The number of nitrogens with zero attached hydrogens (tertiary/aromatic N) is 1. The Kier molecular flexibility index (Phi) is 4.59. The third-order valence-electron chi connectivity index (χ3n) is 3.94. The normalized spacial score (nSPS) is 19.4. The predicted octanol–water partition coefficient (Wildman–Crippen LogP) is 2.58. The van der Waals surface area contributed by atoms with E-state index in [0.717, 1.165) is 19.3 Å². The molecule has 100 valence electrons. The van der Waals surface area contributed by atoms with Gasteiger partial charge in [0.15, 0.2) is 0 Å². The summed E-state index contributed by atoms with van der Waals surface area (Å²) in [6.45, 7) is 8.74. The number of likely N-dealkylation sites (N-methyl/N-ethyl adjacent to an activating group) is 1. The van der Waals surface area contributed by atoms with E-state index >= 15 is 0 Å². The molecule has 1 amide bonds. The van der Waals surface area contributed by atoms with Gasteiger partial charge in [-0.25, -0.2) is 0 Å². The highest BCUT2D eigenvalue weighted by Crippen LogP contribution is 2.42. The first-order chi connectivity index (χ1) is 7.84. The van der Waals surface area contributed by atoms with Crippen LogP contribution in [-0.2, 0) is 4.79 Å². The van der Waals surface area contributed by atoms with Crippen LogP contribution in [0.3, 0.4) is 0 Å². The van der Waals surface area contributed by atoms with E-state index in [1.165, 1.54) is 12.8 Å². The van der Waals surface area contributed by atoms with E-state index in [4.69, 9.17) is 0 Å². The number of aliphatic hydroxyl groups is 1.